The smallest absolute Gasteiger partial charge is 0.0738 e. The Hall–Kier alpha value is 0.170. The van der Waals surface area contributed by atoms with Crippen LogP contribution in [0.15, 0.2) is 0 Å². The average molecular weight is 153 g/mol. The van der Waals surface area contributed by atoms with E-state index < -0.39 is 0 Å². The Balaban J connectivity index is 0.000000640. The number of ether oxygens (including phenoxy) is 1. The van der Waals surface area contributed by atoms with Crippen LogP contribution < -0.4 is 11.3 Å². The number of hydrogen-bond acceptors (Lipinski definition) is 3. The summed E-state index contributed by atoms with van der Waals surface area (Å²) in [6.45, 7) is 0. The quantitative estimate of drug-likeness (QED) is 0.434. The second-order valence-corrected chi connectivity index (χ2v) is 2.12. The minimum atomic E-state index is 0. The lowest BCUT2D eigenvalue weighted by molar-refractivity contribution is 0.00676. The highest BCUT2D eigenvalue weighted by Crippen LogP contribution is 2.21. The summed E-state index contributed by atoms with van der Waals surface area (Å²) in [7, 11) is 1.72. The average Bonchev–Trinajstić information content (AvgIpc) is 1.66. The van der Waals surface area contributed by atoms with E-state index in [0.29, 0.717) is 12.1 Å². The molecule has 0 heterocycles. The van der Waals surface area contributed by atoms with Crippen molar-refractivity contribution in [1.82, 2.24) is 5.43 Å². The van der Waals surface area contributed by atoms with Crippen molar-refractivity contribution in [2.75, 3.05) is 7.11 Å². The molecular formula is C5H13ClN2O. The van der Waals surface area contributed by atoms with E-state index in [9.17, 15) is 0 Å². The maximum absolute atomic E-state index is 5.17. The standard InChI is InChI=1S/C5H12N2O.ClH/c1-8-5-3-2-4(5)7-6;/h4-5,7H,2-3,6H2,1H3;1H. The predicted octanol–water partition coefficient (Wildman–Crippen LogP) is 0.0489. The van der Waals surface area contributed by atoms with Crippen molar-refractivity contribution in [3.63, 3.8) is 0 Å². The zero-order chi connectivity index (χ0) is 5.98. The number of hydrazine groups is 1. The van der Waals surface area contributed by atoms with Crippen molar-refractivity contribution in [1.29, 1.82) is 0 Å². The molecule has 56 valence electrons. The second-order valence-electron chi connectivity index (χ2n) is 2.12. The molecule has 9 heavy (non-hydrogen) atoms. The third-order valence-electron chi connectivity index (χ3n) is 1.73. The summed E-state index contributed by atoms with van der Waals surface area (Å²) in [5.41, 5.74) is 2.68. The number of rotatable bonds is 2. The summed E-state index contributed by atoms with van der Waals surface area (Å²) in [6.07, 6.45) is 2.65. The predicted molar refractivity (Wildman–Crippen MR) is 38.4 cm³/mol. The van der Waals surface area contributed by atoms with E-state index in [0.717, 1.165) is 12.8 Å². The molecule has 3 N–H and O–H groups in total. The highest BCUT2D eigenvalue weighted by atomic mass is 35.5. The second kappa shape index (κ2) is 4.06. The maximum Gasteiger partial charge on any atom is 0.0738 e. The lowest BCUT2D eigenvalue weighted by Crippen LogP contribution is -2.51. The summed E-state index contributed by atoms with van der Waals surface area (Å²) in [5.74, 6) is 5.17. The molecule has 4 heteroatoms. The lowest BCUT2D eigenvalue weighted by atomic mass is 9.90. The Kier molecular flexibility index (Phi) is 4.14. The molecule has 0 aliphatic heterocycles. The molecule has 0 bridgehead atoms. The van der Waals surface area contributed by atoms with Crippen LogP contribution in [0.1, 0.15) is 12.8 Å². The van der Waals surface area contributed by atoms with Gasteiger partial charge in [-0.2, -0.15) is 0 Å². The fourth-order valence-corrected chi connectivity index (χ4v) is 0.942. The van der Waals surface area contributed by atoms with Gasteiger partial charge in [-0.3, -0.25) is 11.3 Å². The molecule has 3 nitrogen and oxygen atoms in total. The van der Waals surface area contributed by atoms with Gasteiger partial charge in [0.1, 0.15) is 0 Å². The van der Waals surface area contributed by atoms with Gasteiger partial charge in [-0.05, 0) is 12.8 Å². The summed E-state index contributed by atoms with van der Waals surface area (Å²) in [6, 6.07) is 0.403. The summed E-state index contributed by atoms with van der Waals surface area (Å²) in [4.78, 5) is 0. The molecule has 0 spiro atoms. The SMILES string of the molecule is COC1CCC1NN.Cl. The van der Waals surface area contributed by atoms with E-state index in [1.807, 2.05) is 0 Å². The van der Waals surface area contributed by atoms with Crippen LogP contribution in [0.4, 0.5) is 0 Å². The number of hydrogen-bond donors (Lipinski definition) is 2. The Bertz CT molecular complexity index is 67.4. The largest absolute Gasteiger partial charge is 0.380 e. The normalized spacial score (nSPS) is 32.7. The molecule has 0 aromatic heterocycles. The first kappa shape index (κ1) is 9.17. The Morgan fingerprint density at radius 2 is 2.22 bits per heavy atom. The van der Waals surface area contributed by atoms with Crippen molar-refractivity contribution >= 4 is 12.4 Å². The van der Waals surface area contributed by atoms with Crippen molar-refractivity contribution in [3.8, 4) is 0 Å². The van der Waals surface area contributed by atoms with E-state index in [-0.39, 0.29) is 12.4 Å². The zero-order valence-corrected chi connectivity index (χ0v) is 6.28. The highest BCUT2D eigenvalue weighted by Gasteiger charge is 2.29. The number of halogens is 1. The zero-order valence-electron chi connectivity index (χ0n) is 5.46. The first-order chi connectivity index (χ1) is 3.88. The summed E-state index contributed by atoms with van der Waals surface area (Å²) in [5, 5.41) is 0. The lowest BCUT2D eigenvalue weighted by Gasteiger charge is -2.34. The maximum atomic E-state index is 5.17. The number of methoxy groups -OCH3 is 1. The first-order valence-corrected chi connectivity index (χ1v) is 2.87. The molecule has 1 aliphatic carbocycles. The number of nitrogens with two attached hydrogens (primary N) is 1. The fraction of sp³-hybridized carbons (Fsp3) is 1.00. The Morgan fingerprint density at radius 1 is 1.56 bits per heavy atom. The van der Waals surface area contributed by atoms with Gasteiger partial charge in [0.15, 0.2) is 0 Å². The van der Waals surface area contributed by atoms with E-state index >= 15 is 0 Å². The van der Waals surface area contributed by atoms with Gasteiger partial charge < -0.3 is 4.74 Å². The minimum absolute atomic E-state index is 0. The third-order valence-corrected chi connectivity index (χ3v) is 1.73. The van der Waals surface area contributed by atoms with Gasteiger partial charge in [0.2, 0.25) is 0 Å². The van der Waals surface area contributed by atoms with Crippen LogP contribution in [-0.2, 0) is 4.74 Å². The topological polar surface area (TPSA) is 47.3 Å². The molecule has 2 atom stereocenters. The van der Waals surface area contributed by atoms with Crippen molar-refractivity contribution < 1.29 is 4.74 Å². The Labute approximate surface area is 61.3 Å². The molecule has 0 amide bonds. The molecule has 0 aromatic rings. The minimum Gasteiger partial charge on any atom is -0.380 e. The molecule has 1 fully saturated rings. The monoisotopic (exact) mass is 152 g/mol. The van der Waals surface area contributed by atoms with Gasteiger partial charge in [0, 0.05) is 13.2 Å². The summed E-state index contributed by atoms with van der Waals surface area (Å²) >= 11 is 0. The van der Waals surface area contributed by atoms with E-state index in [2.05, 4.69) is 5.43 Å². The fourth-order valence-electron chi connectivity index (χ4n) is 0.942. The van der Waals surface area contributed by atoms with E-state index in [1.165, 1.54) is 0 Å². The van der Waals surface area contributed by atoms with Crippen LogP contribution in [0, 0.1) is 0 Å². The van der Waals surface area contributed by atoms with Crippen LogP contribution in [0.2, 0.25) is 0 Å². The van der Waals surface area contributed by atoms with Crippen LogP contribution >= 0.6 is 12.4 Å². The highest BCUT2D eigenvalue weighted by molar-refractivity contribution is 5.85. The molecule has 0 radical (unpaired) electrons. The first-order valence-electron chi connectivity index (χ1n) is 2.87. The van der Waals surface area contributed by atoms with Crippen LogP contribution in [0.5, 0.6) is 0 Å². The van der Waals surface area contributed by atoms with Crippen LogP contribution in [-0.4, -0.2) is 19.3 Å². The third kappa shape index (κ3) is 1.79. The van der Waals surface area contributed by atoms with E-state index in [4.69, 9.17) is 10.6 Å². The van der Waals surface area contributed by atoms with Crippen LogP contribution in [0.25, 0.3) is 0 Å². The van der Waals surface area contributed by atoms with Gasteiger partial charge >= 0.3 is 0 Å². The van der Waals surface area contributed by atoms with Gasteiger partial charge in [0.25, 0.3) is 0 Å². The number of nitrogens with one attached hydrogen (secondary N) is 1. The molecule has 1 aliphatic rings. The van der Waals surface area contributed by atoms with Crippen molar-refractivity contribution in [3.05, 3.63) is 0 Å². The molecule has 1 rings (SSSR count). The van der Waals surface area contributed by atoms with Crippen LogP contribution in [0.3, 0.4) is 0 Å². The van der Waals surface area contributed by atoms with Gasteiger partial charge in [0.05, 0.1) is 6.10 Å². The van der Waals surface area contributed by atoms with Crippen molar-refractivity contribution in [2.45, 2.75) is 25.0 Å². The molecule has 0 saturated heterocycles. The van der Waals surface area contributed by atoms with Gasteiger partial charge in [-0.1, -0.05) is 0 Å². The van der Waals surface area contributed by atoms with E-state index in [1.54, 1.807) is 7.11 Å². The Morgan fingerprint density at radius 3 is 2.33 bits per heavy atom. The van der Waals surface area contributed by atoms with Gasteiger partial charge in [-0.15, -0.1) is 12.4 Å². The molecular weight excluding hydrogens is 140 g/mol. The summed E-state index contributed by atoms with van der Waals surface area (Å²) < 4.78 is 5.05. The van der Waals surface area contributed by atoms with Gasteiger partial charge in [-0.25, -0.2) is 0 Å². The molecule has 0 aromatic carbocycles. The van der Waals surface area contributed by atoms with Crippen molar-refractivity contribution in [2.24, 2.45) is 5.84 Å². The molecule has 2 unspecified atom stereocenters. The molecule has 1 saturated carbocycles.